The van der Waals surface area contributed by atoms with Crippen molar-refractivity contribution in [2.75, 3.05) is 80.0 Å². The van der Waals surface area contributed by atoms with Crippen LogP contribution in [-0.4, -0.2) is 97.3 Å². The molecular formula is C22H42O8. The van der Waals surface area contributed by atoms with Crippen molar-refractivity contribution in [1.29, 1.82) is 0 Å². The van der Waals surface area contributed by atoms with Gasteiger partial charge in [0, 0.05) is 46.8 Å². The standard InChI is InChI=1S/C15H28O6.C7H14O2/c1-3-4-6-17-7-5-8-18-9-14(21-13-16-2)10-19-11-15-12-20-15;1-2-3-6-9-7-4-5-8/h3,14-15H,1,4-13H2,2H3;2,8H,1,3-7H2. The third-order valence-electron chi connectivity index (χ3n) is 3.69. The first kappa shape index (κ1) is 29.2. The van der Waals surface area contributed by atoms with Gasteiger partial charge in [-0.1, -0.05) is 12.2 Å². The van der Waals surface area contributed by atoms with Crippen LogP contribution in [0.4, 0.5) is 0 Å². The highest BCUT2D eigenvalue weighted by molar-refractivity contribution is 4.68. The van der Waals surface area contributed by atoms with Crippen LogP contribution in [0.15, 0.2) is 25.3 Å². The molecule has 30 heavy (non-hydrogen) atoms. The highest BCUT2D eigenvalue weighted by Gasteiger charge is 2.23. The lowest BCUT2D eigenvalue weighted by atomic mass is 10.4. The van der Waals surface area contributed by atoms with Crippen molar-refractivity contribution in [2.24, 2.45) is 0 Å². The molecule has 8 nitrogen and oxygen atoms in total. The second kappa shape index (κ2) is 24.4. The van der Waals surface area contributed by atoms with Gasteiger partial charge in [-0.3, -0.25) is 0 Å². The molecule has 1 aliphatic rings. The summed E-state index contributed by atoms with van der Waals surface area (Å²) in [4.78, 5) is 0. The zero-order valence-corrected chi connectivity index (χ0v) is 18.6. The fourth-order valence-corrected chi connectivity index (χ4v) is 1.99. The van der Waals surface area contributed by atoms with E-state index in [0.717, 1.165) is 45.5 Å². The predicted molar refractivity (Wildman–Crippen MR) is 116 cm³/mol. The maximum absolute atomic E-state index is 8.32. The van der Waals surface area contributed by atoms with Gasteiger partial charge < -0.3 is 38.3 Å². The van der Waals surface area contributed by atoms with Gasteiger partial charge >= 0.3 is 0 Å². The number of hydrogen-bond donors (Lipinski definition) is 1. The quantitative estimate of drug-likeness (QED) is 0.120. The SMILES string of the molecule is C=CCCOCCCO.C=CCCOCCCOCC(COCC1CO1)OCOC. The number of epoxide rings is 1. The number of ether oxygens (including phenoxy) is 7. The zero-order chi connectivity index (χ0) is 22.1. The van der Waals surface area contributed by atoms with Crippen LogP contribution in [0.3, 0.4) is 0 Å². The average Bonchev–Trinajstić information content (AvgIpc) is 3.58. The van der Waals surface area contributed by atoms with E-state index in [1.54, 1.807) is 7.11 Å². The lowest BCUT2D eigenvalue weighted by Gasteiger charge is -2.17. The largest absolute Gasteiger partial charge is 0.396 e. The Kier molecular flexibility index (Phi) is 23.7. The second-order valence-corrected chi connectivity index (χ2v) is 6.57. The van der Waals surface area contributed by atoms with E-state index in [1.807, 2.05) is 12.2 Å². The molecule has 1 rings (SSSR count). The van der Waals surface area contributed by atoms with E-state index in [-0.39, 0.29) is 25.6 Å². The van der Waals surface area contributed by atoms with E-state index in [9.17, 15) is 0 Å². The van der Waals surface area contributed by atoms with E-state index in [4.69, 9.17) is 38.3 Å². The van der Waals surface area contributed by atoms with Gasteiger partial charge in [0.05, 0.1) is 26.4 Å². The summed E-state index contributed by atoms with van der Waals surface area (Å²) in [6.07, 6.45) is 7.19. The first-order valence-electron chi connectivity index (χ1n) is 10.6. The van der Waals surface area contributed by atoms with Gasteiger partial charge in [0.15, 0.2) is 0 Å². The number of hydrogen-bond acceptors (Lipinski definition) is 8. The van der Waals surface area contributed by atoms with Crippen molar-refractivity contribution in [1.82, 2.24) is 0 Å². The number of aliphatic hydroxyl groups excluding tert-OH is 1. The highest BCUT2D eigenvalue weighted by atomic mass is 16.7. The van der Waals surface area contributed by atoms with Crippen molar-refractivity contribution < 1.29 is 38.3 Å². The fourth-order valence-electron chi connectivity index (χ4n) is 1.99. The molecular weight excluding hydrogens is 392 g/mol. The number of rotatable bonds is 22. The Balaban J connectivity index is 0.000000787. The maximum atomic E-state index is 8.32. The topological polar surface area (TPSA) is 88.1 Å². The minimum atomic E-state index is -0.120. The zero-order valence-electron chi connectivity index (χ0n) is 18.6. The van der Waals surface area contributed by atoms with Crippen molar-refractivity contribution in [3.8, 4) is 0 Å². The molecule has 1 saturated heterocycles. The summed E-state index contributed by atoms with van der Waals surface area (Å²) >= 11 is 0. The first-order valence-corrected chi connectivity index (χ1v) is 10.6. The third-order valence-corrected chi connectivity index (χ3v) is 3.69. The molecule has 1 fully saturated rings. The highest BCUT2D eigenvalue weighted by Crippen LogP contribution is 2.09. The molecule has 8 heteroatoms. The van der Waals surface area contributed by atoms with E-state index in [1.165, 1.54) is 0 Å². The molecule has 178 valence electrons. The molecule has 1 aliphatic heterocycles. The molecule has 0 aliphatic carbocycles. The molecule has 0 saturated carbocycles. The summed E-state index contributed by atoms with van der Waals surface area (Å²) in [5.74, 6) is 0. The van der Waals surface area contributed by atoms with Crippen molar-refractivity contribution >= 4 is 0 Å². The molecule has 2 unspecified atom stereocenters. The van der Waals surface area contributed by atoms with E-state index in [2.05, 4.69) is 13.2 Å². The van der Waals surface area contributed by atoms with Crippen LogP contribution in [0.1, 0.15) is 25.7 Å². The first-order chi connectivity index (χ1) is 14.8. The smallest absolute Gasteiger partial charge is 0.146 e. The Morgan fingerprint density at radius 2 is 1.53 bits per heavy atom. The molecule has 1 heterocycles. The summed E-state index contributed by atoms with van der Waals surface area (Å²) in [7, 11) is 1.59. The molecule has 0 amide bonds. The van der Waals surface area contributed by atoms with Crippen molar-refractivity contribution in [3.63, 3.8) is 0 Å². The van der Waals surface area contributed by atoms with Gasteiger partial charge in [-0.2, -0.15) is 0 Å². The molecule has 2 atom stereocenters. The van der Waals surface area contributed by atoms with Crippen molar-refractivity contribution in [2.45, 2.75) is 37.9 Å². The van der Waals surface area contributed by atoms with Gasteiger partial charge in [-0.25, -0.2) is 0 Å². The monoisotopic (exact) mass is 434 g/mol. The molecule has 0 radical (unpaired) electrons. The van der Waals surface area contributed by atoms with Crippen molar-refractivity contribution in [3.05, 3.63) is 25.3 Å². The Hall–Kier alpha value is -0.840. The predicted octanol–water partition coefficient (Wildman–Crippen LogP) is 2.35. The van der Waals surface area contributed by atoms with Crippen LogP contribution in [0.25, 0.3) is 0 Å². The average molecular weight is 435 g/mol. The van der Waals surface area contributed by atoms with Gasteiger partial charge in [0.25, 0.3) is 0 Å². The minimum absolute atomic E-state index is 0.120. The summed E-state index contributed by atoms with van der Waals surface area (Å²) < 4.78 is 37.1. The van der Waals surface area contributed by atoms with Gasteiger partial charge in [-0.15, -0.1) is 13.2 Å². The molecule has 0 aromatic heterocycles. The summed E-state index contributed by atoms with van der Waals surface area (Å²) in [6.45, 7) is 13.5. The lowest BCUT2D eigenvalue weighted by Crippen LogP contribution is -2.27. The number of methoxy groups -OCH3 is 1. The second-order valence-electron chi connectivity index (χ2n) is 6.57. The van der Waals surface area contributed by atoms with E-state index >= 15 is 0 Å². The lowest BCUT2D eigenvalue weighted by molar-refractivity contribution is -0.121. The van der Waals surface area contributed by atoms with Crippen LogP contribution >= 0.6 is 0 Å². The van der Waals surface area contributed by atoms with Crippen LogP contribution < -0.4 is 0 Å². The van der Waals surface area contributed by atoms with E-state index in [0.29, 0.717) is 39.6 Å². The Morgan fingerprint density at radius 3 is 2.10 bits per heavy atom. The van der Waals surface area contributed by atoms with Gasteiger partial charge in [-0.05, 0) is 25.7 Å². The fraction of sp³-hybridized carbons (Fsp3) is 0.818. The van der Waals surface area contributed by atoms with Crippen LogP contribution in [0.2, 0.25) is 0 Å². The minimum Gasteiger partial charge on any atom is -0.396 e. The maximum Gasteiger partial charge on any atom is 0.146 e. The normalized spacial score (nSPS) is 15.9. The Bertz CT molecular complexity index is 363. The molecule has 0 aromatic rings. The van der Waals surface area contributed by atoms with Gasteiger partial charge in [0.1, 0.15) is 19.0 Å². The summed E-state index contributed by atoms with van der Waals surface area (Å²) in [6, 6.07) is 0. The summed E-state index contributed by atoms with van der Waals surface area (Å²) in [5.41, 5.74) is 0. The molecule has 1 N–H and O–H groups in total. The molecule has 0 spiro atoms. The Morgan fingerprint density at radius 1 is 0.933 bits per heavy atom. The van der Waals surface area contributed by atoms with Crippen LogP contribution in [0, 0.1) is 0 Å². The van der Waals surface area contributed by atoms with Gasteiger partial charge in [0.2, 0.25) is 0 Å². The third kappa shape index (κ3) is 23.4. The van der Waals surface area contributed by atoms with Crippen LogP contribution in [-0.2, 0) is 33.2 Å². The Labute approximate surface area is 182 Å². The van der Waals surface area contributed by atoms with E-state index < -0.39 is 0 Å². The molecule has 0 aromatic carbocycles. The number of aliphatic hydroxyl groups is 1. The summed E-state index contributed by atoms with van der Waals surface area (Å²) in [5, 5.41) is 8.32. The van der Waals surface area contributed by atoms with Crippen LogP contribution in [0.5, 0.6) is 0 Å². The molecule has 0 bridgehead atoms.